The van der Waals surface area contributed by atoms with Gasteiger partial charge in [0.05, 0.1) is 7.11 Å². The zero-order valence-electron chi connectivity index (χ0n) is 17.2. The lowest BCUT2D eigenvalue weighted by molar-refractivity contribution is -0.126. The van der Waals surface area contributed by atoms with Gasteiger partial charge >= 0.3 is 0 Å². The van der Waals surface area contributed by atoms with E-state index < -0.39 is 5.91 Å². The normalized spacial score (nSPS) is 15.0. The molecule has 7 heteroatoms. The first kappa shape index (κ1) is 21.0. The SMILES string of the molecule is COc1ccc(Cl)cc1C=CC(=O)N1CCC(c2c[nH]c3ccc(C(N)=O)cc23)CC1. The molecule has 2 aromatic carbocycles. The number of hydrogen-bond acceptors (Lipinski definition) is 3. The van der Waals surface area contributed by atoms with E-state index in [0.717, 1.165) is 29.3 Å². The Bertz CT molecular complexity index is 1160. The number of fused-ring (bicyclic) bond motifs is 1. The van der Waals surface area contributed by atoms with Crippen LogP contribution in [0.5, 0.6) is 5.75 Å². The number of halogens is 1. The Morgan fingerprint density at radius 3 is 2.68 bits per heavy atom. The molecule has 160 valence electrons. The number of primary amides is 1. The third-order valence-corrected chi connectivity index (χ3v) is 6.08. The second-order valence-electron chi connectivity index (χ2n) is 7.69. The molecule has 1 fully saturated rings. The summed E-state index contributed by atoms with van der Waals surface area (Å²) in [6.45, 7) is 1.34. The summed E-state index contributed by atoms with van der Waals surface area (Å²) in [5.41, 5.74) is 8.86. The lowest BCUT2D eigenvalue weighted by atomic mass is 9.89. The Morgan fingerprint density at radius 1 is 1.19 bits per heavy atom. The molecule has 1 saturated heterocycles. The van der Waals surface area contributed by atoms with Crippen molar-refractivity contribution < 1.29 is 14.3 Å². The summed E-state index contributed by atoms with van der Waals surface area (Å²) in [4.78, 5) is 29.4. The van der Waals surface area contributed by atoms with E-state index in [2.05, 4.69) is 4.98 Å². The molecule has 2 heterocycles. The topological polar surface area (TPSA) is 88.4 Å². The Morgan fingerprint density at radius 2 is 1.97 bits per heavy atom. The average molecular weight is 438 g/mol. The zero-order chi connectivity index (χ0) is 22.0. The number of likely N-dealkylation sites (tertiary alicyclic amines) is 1. The van der Waals surface area contributed by atoms with E-state index in [9.17, 15) is 9.59 Å². The number of ether oxygens (including phenoxy) is 1. The van der Waals surface area contributed by atoms with Crippen LogP contribution < -0.4 is 10.5 Å². The Kier molecular flexibility index (Phi) is 6.00. The van der Waals surface area contributed by atoms with Gasteiger partial charge in [0.2, 0.25) is 11.8 Å². The number of carbonyl (C=O) groups excluding carboxylic acids is 2. The number of benzene rings is 2. The number of aromatic nitrogens is 1. The maximum Gasteiger partial charge on any atom is 0.248 e. The van der Waals surface area contributed by atoms with Crippen LogP contribution in [0.4, 0.5) is 0 Å². The second-order valence-corrected chi connectivity index (χ2v) is 8.12. The highest BCUT2D eigenvalue weighted by atomic mass is 35.5. The van der Waals surface area contributed by atoms with E-state index in [1.807, 2.05) is 23.2 Å². The molecule has 0 unspecified atom stereocenters. The van der Waals surface area contributed by atoms with Gasteiger partial charge in [0.25, 0.3) is 0 Å². The van der Waals surface area contributed by atoms with Gasteiger partial charge in [-0.3, -0.25) is 9.59 Å². The van der Waals surface area contributed by atoms with Crippen LogP contribution in [0.25, 0.3) is 17.0 Å². The van der Waals surface area contributed by atoms with Gasteiger partial charge < -0.3 is 20.4 Å². The third-order valence-electron chi connectivity index (χ3n) is 5.84. The number of rotatable bonds is 5. The fourth-order valence-corrected chi connectivity index (χ4v) is 4.33. The number of methoxy groups -OCH3 is 1. The molecule has 0 bridgehead atoms. The monoisotopic (exact) mass is 437 g/mol. The summed E-state index contributed by atoms with van der Waals surface area (Å²) >= 11 is 6.06. The molecule has 0 radical (unpaired) electrons. The van der Waals surface area contributed by atoms with E-state index in [4.69, 9.17) is 22.1 Å². The number of hydrogen-bond donors (Lipinski definition) is 2. The minimum Gasteiger partial charge on any atom is -0.496 e. The van der Waals surface area contributed by atoms with Crippen molar-refractivity contribution in [1.29, 1.82) is 0 Å². The number of nitrogens with zero attached hydrogens (tertiary/aromatic N) is 1. The standard InChI is InChI=1S/C24H24ClN3O3/c1-31-22-6-4-18(25)12-16(22)3-7-23(29)28-10-8-15(9-11-28)20-14-27-21-5-2-17(24(26)30)13-19(20)21/h2-7,12-15,27H,8-11H2,1H3,(H2,26,30). The van der Waals surface area contributed by atoms with E-state index >= 15 is 0 Å². The van der Waals surface area contributed by atoms with Crippen LogP contribution in [-0.4, -0.2) is 41.9 Å². The first-order valence-corrected chi connectivity index (χ1v) is 10.6. The lowest BCUT2D eigenvalue weighted by Gasteiger charge is -2.31. The third kappa shape index (κ3) is 4.44. The number of piperidine rings is 1. The quantitative estimate of drug-likeness (QED) is 0.581. The Balaban J connectivity index is 1.44. The lowest BCUT2D eigenvalue weighted by Crippen LogP contribution is -2.36. The van der Waals surface area contributed by atoms with Crippen molar-refractivity contribution in [3.05, 3.63) is 70.4 Å². The van der Waals surface area contributed by atoms with Crippen molar-refractivity contribution in [1.82, 2.24) is 9.88 Å². The molecule has 1 aromatic heterocycles. The summed E-state index contributed by atoms with van der Waals surface area (Å²) in [7, 11) is 1.59. The van der Waals surface area contributed by atoms with Crippen LogP contribution >= 0.6 is 11.6 Å². The maximum absolute atomic E-state index is 12.7. The van der Waals surface area contributed by atoms with Gasteiger partial charge in [-0.2, -0.15) is 0 Å². The first-order chi connectivity index (χ1) is 15.0. The molecule has 4 rings (SSSR count). The number of H-pyrrole nitrogens is 1. The summed E-state index contributed by atoms with van der Waals surface area (Å²) in [6.07, 6.45) is 7.02. The number of amides is 2. The predicted octanol–water partition coefficient (Wildman–Crippen LogP) is 4.35. The van der Waals surface area contributed by atoms with E-state index in [1.165, 1.54) is 5.56 Å². The zero-order valence-corrected chi connectivity index (χ0v) is 18.0. The van der Waals surface area contributed by atoms with Crippen LogP contribution in [-0.2, 0) is 4.79 Å². The van der Waals surface area contributed by atoms with Gasteiger partial charge in [-0.1, -0.05) is 11.6 Å². The van der Waals surface area contributed by atoms with Crippen molar-refractivity contribution in [2.75, 3.05) is 20.2 Å². The molecule has 0 aliphatic carbocycles. The van der Waals surface area contributed by atoms with Gasteiger partial charge in [0.1, 0.15) is 5.75 Å². The van der Waals surface area contributed by atoms with E-state index in [-0.39, 0.29) is 5.91 Å². The molecule has 0 spiro atoms. The number of nitrogens with one attached hydrogen (secondary N) is 1. The number of aromatic amines is 1. The summed E-state index contributed by atoms with van der Waals surface area (Å²) in [5, 5.41) is 1.61. The van der Waals surface area contributed by atoms with Crippen LogP contribution in [0.1, 0.15) is 40.2 Å². The fourth-order valence-electron chi connectivity index (χ4n) is 4.15. The highest BCUT2D eigenvalue weighted by Gasteiger charge is 2.25. The summed E-state index contributed by atoms with van der Waals surface area (Å²) in [5.74, 6) is 0.521. The largest absolute Gasteiger partial charge is 0.496 e. The molecule has 31 heavy (non-hydrogen) atoms. The minimum absolute atomic E-state index is 0.0320. The highest BCUT2D eigenvalue weighted by molar-refractivity contribution is 6.30. The molecular weight excluding hydrogens is 414 g/mol. The minimum atomic E-state index is -0.433. The van der Waals surface area contributed by atoms with Crippen molar-refractivity contribution in [3.63, 3.8) is 0 Å². The van der Waals surface area contributed by atoms with Crippen molar-refractivity contribution in [3.8, 4) is 5.75 Å². The van der Waals surface area contributed by atoms with Gasteiger partial charge in [0.15, 0.2) is 0 Å². The van der Waals surface area contributed by atoms with E-state index in [1.54, 1.807) is 43.5 Å². The van der Waals surface area contributed by atoms with Crippen LogP contribution in [0.15, 0.2) is 48.7 Å². The van der Waals surface area contributed by atoms with Crippen LogP contribution in [0.2, 0.25) is 5.02 Å². The van der Waals surface area contributed by atoms with Gasteiger partial charge in [-0.25, -0.2) is 0 Å². The van der Waals surface area contributed by atoms with Crippen LogP contribution in [0.3, 0.4) is 0 Å². The van der Waals surface area contributed by atoms with E-state index in [0.29, 0.717) is 35.3 Å². The summed E-state index contributed by atoms with van der Waals surface area (Å²) in [6, 6.07) is 10.8. The first-order valence-electron chi connectivity index (χ1n) is 10.2. The molecule has 3 aromatic rings. The molecule has 1 aliphatic heterocycles. The predicted molar refractivity (Wildman–Crippen MR) is 122 cm³/mol. The molecule has 3 N–H and O–H groups in total. The van der Waals surface area contributed by atoms with Gasteiger partial charge in [-0.15, -0.1) is 0 Å². The molecule has 2 amide bonds. The fraction of sp³-hybridized carbons (Fsp3) is 0.250. The Hall–Kier alpha value is -3.25. The number of carbonyl (C=O) groups is 2. The number of nitrogens with two attached hydrogens (primary N) is 1. The summed E-state index contributed by atoms with van der Waals surface area (Å²) < 4.78 is 5.33. The smallest absolute Gasteiger partial charge is 0.248 e. The van der Waals surface area contributed by atoms with Gasteiger partial charge in [0, 0.05) is 52.4 Å². The molecule has 6 nitrogen and oxygen atoms in total. The Labute approximate surface area is 185 Å². The molecular formula is C24H24ClN3O3. The maximum atomic E-state index is 12.7. The second kappa shape index (κ2) is 8.86. The average Bonchev–Trinajstić information content (AvgIpc) is 3.21. The molecule has 1 aliphatic rings. The van der Waals surface area contributed by atoms with Crippen LogP contribution in [0, 0.1) is 0 Å². The molecule has 0 atom stereocenters. The van der Waals surface area contributed by atoms with Crippen molar-refractivity contribution in [2.24, 2.45) is 5.73 Å². The molecule has 0 saturated carbocycles. The van der Waals surface area contributed by atoms with Crippen molar-refractivity contribution >= 4 is 40.4 Å². The van der Waals surface area contributed by atoms with Crippen molar-refractivity contribution in [2.45, 2.75) is 18.8 Å². The highest BCUT2D eigenvalue weighted by Crippen LogP contribution is 2.34. The van der Waals surface area contributed by atoms with Gasteiger partial charge in [-0.05, 0) is 66.8 Å².